The van der Waals surface area contributed by atoms with Crippen molar-refractivity contribution in [1.82, 2.24) is 19.6 Å². The van der Waals surface area contributed by atoms with Gasteiger partial charge in [0.15, 0.2) is 23.1 Å². The molecule has 10 atom stereocenters. The van der Waals surface area contributed by atoms with Gasteiger partial charge in [-0.05, 0) is 196 Å². The van der Waals surface area contributed by atoms with Crippen LogP contribution in [0.2, 0.25) is 0 Å². The van der Waals surface area contributed by atoms with Gasteiger partial charge >= 0.3 is 46.1 Å². The topological polar surface area (TPSA) is 310 Å². The van der Waals surface area contributed by atoms with Crippen molar-refractivity contribution in [1.29, 1.82) is 0 Å². The van der Waals surface area contributed by atoms with Crippen LogP contribution >= 0.6 is 23.5 Å². The molecule has 4 saturated carbocycles. The Bertz CT molecular complexity index is 3720. The smallest absolute Gasteiger partial charge is 0.875 e. The number of benzene rings is 2. The summed E-state index contributed by atoms with van der Waals surface area (Å²) in [6.07, 6.45) is 37.3. The van der Waals surface area contributed by atoms with Crippen molar-refractivity contribution in [3.8, 4) is 0 Å². The van der Waals surface area contributed by atoms with E-state index in [2.05, 4.69) is 55.4 Å². The maximum Gasteiger partial charge on any atom is 2.00 e. The van der Waals surface area contributed by atoms with Gasteiger partial charge in [-0.2, -0.15) is 23.5 Å². The van der Waals surface area contributed by atoms with Crippen LogP contribution in [0.3, 0.4) is 0 Å². The number of ketones is 4. The standard InChI is InChI=1S/2C25H39NO4S.2C24H33NO4.2Mg/c2*1-15(14-25(2,3)4)10-21(28)26-19(8-9-31-5)23(29)22(24(26)30)20(27)13-18-12-16-6-7-17(18)11-16;2*1-2-3-4-5-6-7-8-9-13-16-20(26)22-21(27)17-18-25(24(22)29)23(28)19-14-11-10-12-15-19;;/h2*15-19,27H,6-14H2,1-5H3;2*10-12,14-15,26H,2-9,13,16-18H2,1H3;;/q;;;;2*+2/p-4/b4*22-20-;;. The molecule has 664 valence electrons. The van der Waals surface area contributed by atoms with Crippen molar-refractivity contribution in [2.24, 2.45) is 58.2 Å². The van der Waals surface area contributed by atoms with Gasteiger partial charge in [0.2, 0.25) is 11.8 Å². The molecule has 10 rings (SSSR count). The van der Waals surface area contributed by atoms with Crippen LogP contribution in [0.5, 0.6) is 0 Å². The summed E-state index contributed by atoms with van der Waals surface area (Å²) in [5.74, 6) is -2.90. The number of allylic oxidation sites excluding steroid dienone is 4. The molecule has 2 aromatic carbocycles. The average molecular weight is 1740 g/mol. The van der Waals surface area contributed by atoms with E-state index in [-0.39, 0.29) is 179 Å². The van der Waals surface area contributed by atoms with Crippen molar-refractivity contribution in [3.63, 3.8) is 0 Å². The number of piperidine rings is 2. The van der Waals surface area contributed by atoms with E-state index in [4.69, 9.17) is 0 Å². The first-order valence-corrected chi connectivity index (χ1v) is 48.2. The molecule has 4 aliphatic heterocycles. The minimum Gasteiger partial charge on any atom is -0.875 e. The average Bonchev–Trinajstić information content (AvgIpc) is 1.60. The summed E-state index contributed by atoms with van der Waals surface area (Å²) in [4.78, 5) is 158. The number of hydrogen-bond acceptors (Lipinski definition) is 18. The Labute approximate surface area is 769 Å². The fourth-order valence-electron chi connectivity index (χ4n) is 19.6. The first kappa shape index (κ1) is 107. The number of likely N-dealkylation sites (tertiary alicyclic amines) is 4. The second-order valence-electron chi connectivity index (χ2n) is 37.8. The summed E-state index contributed by atoms with van der Waals surface area (Å²) in [6, 6.07) is 15.3. The molecule has 8 aliphatic rings. The van der Waals surface area contributed by atoms with Crippen molar-refractivity contribution in [3.05, 3.63) is 117 Å². The molecule has 4 aliphatic carbocycles. The minimum absolute atomic E-state index is 0. The van der Waals surface area contributed by atoms with E-state index in [9.17, 15) is 78.0 Å². The van der Waals surface area contributed by atoms with Gasteiger partial charge in [0.05, 0.1) is 22.3 Å². The Balaban J connectivity index is 0.000000288. The second-order valence-corrected chi connectivity index (χ2v) is 39.8. The Morgan fingerprint density at radius 2 is 0.746 bits per heavy atom. The van der Waals surface area contributed by atoms with E-state index in [1.165, 1.54) is 89.9 Å². The minimum atomic E-state index is -0.812. The summed E-state index contributed by atoms with van der Waals surface area (Å²) in [5.41, 5.74) is -0.189. The number of carbonyl (C=O) groups excluding carboxylic acids is 12. The number of nitrogens with zero attached hydrogens (tertiary/aromatic N) is 4. The molecule has 0 spiro atoms. The van der Waals surface area contributed by atoms with Gasteiger partial charge in [-0.15, -0.1) is 23.0 Å². The second kappa shape index (κ2) is 53.0. The van der Waals surface area contributed by atoms with Crippen molar-refractivity contribution in [2.45, 2.75) is 325 Å². The van der Waals surface area contributed by atoms with E-state index < -0.39 is 82.2 Å². The normalized spacial score (nSPS) is 23.4. The van der Waals surface area contributed by atoms with Gasteiger partial charge in [0, 0.05) is 49.9 Å². The Morgan fingerprint density at radius 3 is 1.03 bits per heavy atom. The summed E-state index contributed by atoms with van der Waals surface area (Å²) in [6.45, 7) is 21.2. The molecular weight excluding hydrogens is 1600 g/mol. The molecule has 8 fully saturated rings. The summed E-state index contributed by atoms with van der Waals surface area (Å²) < 4.78 is 0. The molecule has 4 bridgehead atoms. The summed E-state index contributed by atoms with van der Waals surface area (Å²) in [7, 11) is 0. The molecule has 0 N–H and O–H groups in total. The molecule has 10 unspecified atom stereocenters. The molecule has 2 aromatic rings. The van der Waals surface area contributed by atoms with Crippen LogP contribution in [0.4, 0.5) is 0 Å². The summed E-state index contributed by atoms with van der Waals surface area (Å²) >= 11 is 3.15. The van der Waals surface area contributed by atoms with Gasteiger partial charge in [0.25, 0.3) is 35.4 Å². The van der Waals surface area contributed by atoms with E-state index in [1.807, 2.05) is 26.4 Å². The molecule has 20 nitrogen and oxygen atoms in total. The monoisotopic (exact) mass is 1740 g/mol. The van der Waals surface area contributed by atoms with E-state index >= 15 is 0 Å². The summed E-state index contributed by atoms with van der Waals surface area (Å²) in [5, 5.41) is 51.2. The van der Waals surface area contributed by atoms with Crippen LogP contribution < -0.4 is 20.4 Å². The number of rotatable bonds is 38. The van der Waals surface area contributed by atoms with Crippen LogP contribution in [0.1, 0.15) is 334 Å². The van der Waals surface area contributed by atoms with Gasteiger partial charge in [0.1, 0.15) is 12.1 Å². The van der Waals surface area contributed by atoms with E-state index in [0.717, 1.165) is 96.6 Å². The number of hydrogen-bond donors (Lipinski definition) is 0. The number of unbranched alkanes of at least 4 members (excludes halogenated alkanes) is 16. The van der Waals surface area contributed by atoms with Crippen molar-refractivity contribution in [2.75, 3.05) is 37.1 Å². The predicted molar refractivity (Wildman–Crippen MR) is 478 cm³/mol. The van der Waals surface area contributed by atoms with Crippen LogP contribution in [0.15, 0.2) is 106 Å². The Hall–Kier alpha value is -5.93. The van der Waals surface area contributed by atoms with E-state index in [1.54, 1.807) is 84.2 Å². The quantitative estimate of drug-likeness (QED) is 0.0151. The molecule has 122 heavy (non-hydrogen) atoms. The maximum atomic E-state index is 13.2. The third kappa shape index (κ3) is 31.8. The third-order valence-corrected chi connectivity index (χ3v) is 26.5. The van der Waals surface area contributed by atoms with Crippen LogP contribution in [0, 0.1) is 58.2 Å². The zero-order chi connectivity index (χ0) is 88.0. The molecule has 4 heterocycles. The number of Topliss-reactive ketones (excluding diaryl/α,β-unsaturated/α-hetero) is 4. The first-order chi connectivity index (χ1) is 57.1. The van der Waals surface area contributed by atoms with Crippen LogP contribution in [-0.4, -0.2) is 185 Å². The fraction of sp³-hybridized carbons (Fsp3) is 0.673. The predicted octanol–water partition coefficient (Wildman–Crippen LogP) is 15.5. The SMILES string of the molecule is CCCCCCCCCCC/C([O-])=C1\C(=O)CCN(C(=O)c2ccccc2)C1=O.CCCCCCCCCCC/C([O-])=C1\C(=O)CCN(C(=O)c2ccccc2)C1=O.CSCCC1C(=O)/C(=C(/[O-])CC2CC3CCC2C3)C(=O)N1C(=O)CC(C)CC(C)(C)C.CSCCC1C(=O)/C(=C(/[O-])CC2CC3CCC2C3)C(=O)N1C(=O)CC(C)CC(C)(C)C.[Mg+2].[Mg+2]. The Kier molecular flexibility index (Phi) is 46.3. The van der Waals surface area contributed by atoms with Gasteiger partial charge in [-0.3, -0.25) is 77.1 Å². The number of amides is 8. The zero-order valence-electron chi connectivity index (χ0n) is 75.8. The number of carbonyl (C=O) groups is 12. The molecule has 0 radical (unpaired) electrons. The zero-order valence-corrected chi connectivity index (χ0v) is 80.3. The Morgan fingerprint density at radius 1 is 0.426 bits per heavy atom. The molecule has 4 saturated heterocycles. The first-order valence-electron chi connectivity index (χ1n) is 45.4. The van der Waals surface area contributed by atoms with Gasteiger partial charge in [-0.25, -0.2) is 0 Å². The third-order valence-electron chi connectivity index (χ3n) is 25.2. The van der Waals surface area contributed by atoms with Gasteiger partial charge in [-0.1, -0.05) is 234 Å². The van der Waals surface area contributed by atoms with Crippen LogP contribution in [-0.2, 0) is 47.9 Å². The van der Waals surface area contributed by atoms with Gasteiger partial charge < -0.3 is 20.4 Å². The largest absolute Gasteiger partial charge is 2.00 e. The van der Waals surface area contributed by atoms with E-state index in [0.29, 0.717) is 83.8 Å². The van der Waals surface area contributed by atoms with Crippen LogP contribution in [0.25, 0.3) is 0 Å². The molecule has 8 amide bonds. The molecule has 0 aromatic heterocycles. The molecular formula is C98H140Mg2N4O16S2. The molecule has 24 heteroatoms. The number of imide groups is 4. The maximum absolute atomic E-state index is 13.2. The van der Waals surface area contributed by atoms with Crippen molar-refractivity contribution >= 4 is 140 Å². The number of fused-ring (bicyclic) bond motifs is 4. The fourth-order valence-corrected chi connectivity index (χ4v) is 20.5. The number of thioether (sulfide) groups is 2. The van der Waals surface area contributed by atoms with Crippen molar-refractivity contribution < 1.29 is 78.0 Å².